The highest BCUT2D eigenvalue weighted by atomic mass is 32.2. The smallest absolute Gasteiger partial charge is 0.356 e. The second-order valence-corrected chi connectivity index (χ2v) is 11.9. The third-order valence-corrected chi connectivity index (χ3v) is 9.74. The van der Waals surface area contributed by atoms with Crippen LogP contribution in [0.2, 0.25) is 0 Å². The van der Waals surface area contributed by atoms with Gasteiger partial charge in [-0.05, 0) is 56.1 Å². The number of thioether (sulfide) groups is 1. The van der Waals surface area contributed by atoms with Gasteiger partial charge in [0, 0.05) is 37.5 Å². The SMILES string of the molecule is C[C@H]1CCCCN1c1nc(N2C[C@@H]3C(CSc4nc5ccccc5s4)[C@@H]3C2)cc(C(F)(F)F)n1. The molecule has 180 valence electrons. The Morgan fingerprint density at radius 3 is 2.62 bits per heavy atom. The Labute approximate surface area is 204 Å². The van der Waals surface area contributed by atoms with Crippen LogP contribution in [0.4, 0.5) is 24.9 Å². The molecular formula is C24H26F3N5S2. The minimum Gasteiger partial charge on any atom is -0.356 e. The van der Waals surface area contributed by atoms with E-state index in [2.05, 4.69) is 16.0 Å². The molecule has 6 rings (SSSR count). The van der Waals surface area contributed by atoms with E-state index in [1.807, 2.05) is 34.9 Å². The van der Waals surface area contributed by atoms with E-state index in [9.17, 15) is 13.2 Å². The Balaban J connectivity index is 1.14. The summed E-state index contributed by atoms with van der Waals surface area (Å²) in [6, 6.07) is 9.45. The Bertz CT molecular complexity index is 1150. The van der Waals surface area contributed by atoms with Crippen LogP contribution in [-0.2, 0) is 6.18 Å². The predicted molar refractivity (Wildman–Crippen MR) is 131 cm³/mol. The molecule has 3 aromatic rings. The van der Waals surface area contributed by atoms with E-state index >= 15 is 0 Å². The Morgan fingerprint density at radius 2 is 1.88 bits per heavy atom. The first-order valence-electron chi connectivity index (χ1n) is 11.8. The van der Waals surface area contributed by atoms with Crippen LogP contribution in [0.3, 0.4) is 0 Å². The molecule has 4 atom stereocenters. The summed E-state index contributed by atoms with van der Waals surface area (Å²) in [5.74, 6) is 3.28. The molecule has 2 aromatic heterocycles. The first-order valence-corrected chi connectivity index (χ1v) is 13.6. The summed E-state index contributed by atoms with van der Waals surface area (Å²) in [6.45, 7) is 4.28. The van der Waals surface area contributed by atoms with E-state index in [1.165, 1.54) is 4.70 Å². The van der Waals surface area contributed by atoms with Crippen LogP contribution in [0.1, 0.15) is 31.9 Å². The zero-order chi connectivity index (χ0) is 23.4. The second-order valence-electron chi connectivity index (χ2n) is 9.60. The first kappa shape index (κ1) is 22.4. The summed E-state index contributed by atoms with van der Waals surface area (Å²) in [5.41, 5.74) is 0.203. The number of alkyl halides is 3. The summed E-state index contributed by atoms with van der Waals surface area (Å²) in [6.07, 6.45) is -1.47. The maximum absolute atomic E-state index is 13.7. The third kappa shape index (κ3) is 4.23. The third-order valence-electron chi connectivity index (χ3n) is 7.42. The van der Waals surface area contributed by atoms with Gasteiger partial charge in [-0.2, -0.15) is 18.2 Å². The molecule has 1 aliphatic carbocycles. The van der Waals surface area contributed by atoms with E-state index in [4.69, 9.17) is 4.98 Å². The molecule has 1 unspecified atom stereocenters. The lowest BCUT2D eigenvalue weighted by molar-refractivity contribution is -0.141. The molecule has 0 bridgehead atoms. The molecule has 3 aliphatic rings. The van der Waals surface area contributed by atoms with Crippen molar-refractivity contribution < 1.29 is 13.2 Å². The van der Waals surface area contributed by atoms with Crippen LogP contribution in [0, 0.1) is 17.8 Å². The number of thiazole rings is 1. The Hall–Kier alpha value is -2.07. The quantitative estimate of drug-likeness (QED) is 0.399. The summed E-state index contributed by atoms with van der Waals surface area (Å²) in [4.78, 5) is 17.2. The van der Waals surface area contributed by atoms with Crippen molar-refractivity contribution >= 4 is 45.1 Å². The van der Waals surface area contributed by atoms with Gasteiger partial charge in [-0.1, -0.05) is 23.9 Å². The number of anilines is 2. The van der Waals surface area contributed by atoms with Crippen LogP contribution in [0.15, 0.2) is 34.7 Å². The topological polar surface area (TPSA) is 45.2 Å². The number of para-hydroxylation sites is 1. The average Bonchev–Trinajstić information content (AvgIpc) is 3.15. The minimum absolute atomic E-state index is 0.154. The van der Waals surface area contributed by atoms with Crippen molar-refractivity contribution in [2.24, 2.45) is 17.8 Å². The highest BCUT2D eigenvalue weighted by Gasteiger charge is 2.55. The van der Waals surface area contributed by atoms with Crippen LogP contribution < -0.4 is 9.80 Å². The van der Waals surface area contributed by atoms with Gasteiger partial charge in [0.25, 0.3) is 0 Å². The van der Waals surface area contributed by atoms with Crippen LogP contribution in [-0.4, -0.2) is 46.4 Å². The highest BCUT2D eigenvalue weighted by molar-refractivity contribution is 8.01. The summed E-state index contributed by atoms with van der Waals surface area (Å²) < 4.78 is 43.2. The number of nitrogens with zero attached hydrogens (tertiary/aromatic N) is 5. The number of benzene rings is 1. The summed E-state index contributed by atoms with van der Waals surface area (Å²) >= 11 is 3.53. The molecule has 0 amide bonds. The maximum atomic E-state index is 13.7. The van der Waals surface area contributed by atoms with E-state index in [-0.39, 0.29) is 12.0 Å². The number of halogens is 3. The molecule has 0 spiro atoms. The highest BCUT2D eigenvalue weighted by Crippen LogP contribution is 2.54. The molecule has 1 aromatic carbocycles. The van der Waals surface area contributed by atoms with E-state index in [1.54, 1.807) is 23.1 Å². The molecule has 34 heavy (non-hydrogen) atoms. The van der Waals surface area contributed by atoms with Crippen molar-refractivity contribution in [3.05, 3.63) is 36.0 Å². The van der Waals surface area contributed by atoms with Crippen LogP contribution in [0.5, 0.6) is 0 Å². The molecule has 2 aliphatic heterocycles. The van der Waals surface area contributed by atoms with Crippen molar-refractivity contribution in [1.29, 1.82) is 0 Å². The summed E-state index contributed by atoms with van der Waals surface area (Å²) in [7, 11) is 0. The molecular weight excluding hydrogens is 479 g/mol. The largest absolute Gasteiger partial charge is 0.433 e. The molecule has 0 N–H and O–H groups in total. The van der Waals surface area contributed by atoms with Gasteiger partial charge in [0.1, 0.15) is 5.82 Å². The number of rotatable bonds is 5. The van der Waals surface area contributed by atoms with Gasteiger partial charge >= 0.3 is 6.18 Å². The average molecular weight is 506 g/mol. The normalized spacial score (nSPS) is 26.8. The lowest BCUT2D eigenvalue weighted by atomic mass is 10.0. The first-order chi connectivity index (χ1) is 16.4. The number of aromatic nitrogens is 3. The number of hydrogen-bond acceptors (Lipinski definition) is 7. The second kappa shape index (κ2) is 8.55. The van der Waals surface area contributed by atoms with Gasteiger partial charge in [0.15, 0.2) is 10.0 Å². The van der Waals surface area contributed by atoms with Crippen molar-refractivity contribution in [3.63, 3.8) is 0 Å². The van der Waals surface area contributed by atoms with Crippen LogP contribution in [0.25, 0.3) is 10.2 Å². The Kier molecular flexibility index (Phi) is 5.63. The molecule has 1 saturated carbocycles. The van der Waals surface area contributed by atoms with E-state index < -0.39 is 11.9 Å². The van der Waals surface area contributed by atoms with Gasteiger partial charge in [-0.3, -0.25) is 0 Å². The minimum atomic E-state index is -4.48. The molecule has 3 fully saturated rings. The van der Waals surface area contributed by atoms with Gasteiger partial charge in [-0.25, -0.2) is 9.97 Å². The fourth-order valence-electron chi connectivity index (χ4n) is 5.42. The van der Waals surface area contributed by atoms with Crippen molar-refractivity contribution in [3.8, 4) is 0 Å². The molecule has 0 radical (unpaired) electrons. The molecule has 5 nitrogen and oxygen atoms in total. The zero-order valence-electron chi connectivity index (χ0n) is 18.8. The van der Waals surface area contributed by atoms with E-state index in [0.29, 0.717) is 30.1 Å². The Morgan fingerprint density at radius 1 is 1.09 bits per heavy atom. The fourth-order valence-corrected chi connectivity index (χ4v) is 7.82. The van der Waals surface area contributed by atoms with Crippen LogP contribution >= 0.6 is 23.1 Å². The van der Waals surface area contributed by atoms with Gasteiger partial charge < -0.3 is 9.80 Å². The maximum Gasteiger partial charge on any atom is 0.433 e. The van der Waals surface area contributed by atoms with E-state index in [0.717, 1.165) is 54.0 Å². The van der Waals surface area contributed by atoms with Crippen molar-refractivity contribution in [1.82, 2.24) is 15.0 Å². The van der Waals surface area contributed by atoms with Gasteiger partial charge in [0.2, 0.25) is 5.95 Å². The van der Waals surface area contributed by atoms with Crippen molar-refractivity contribution in [2.75, 3.05) is 35.2 Å². The standard InChI is InChI=1S/C24H26F3N5S2/c1-14-6-4-5-9-32(14)22-29-20(24(25,26)27)10-21(30-22)31-11-15-16(12-31)17(15)13-33-23-28-18-7-2-3-8-19(18)34-23/h2-3,7-8,10,14-17H,4-6,9,11-13H2,1H3/t14-,15-,16+,17?/m0/s1. The predicted octanol–water partition coefficient (Wildman–Crippen LogP) is 5.96. The van der Waals surface area contributed by atoms with Gasteiger partial charge in [0.05, 0.1) is 10.2 Å². The summed E-state index contributed by atoms with van der Waals surface area (Å²) in [5, 5.41) is 0. The zero-order valence-corrected chi connectivity index (χ0v) is 20.5. The van der Waals surface area contributed by atoms with Gasteiger partial charge in [-0.15, -0.1) is 11.3 Å². The fraction of sp³-hybridized carbons (Fsp3) is 0.542. The lowest BCUT2D eigenvalue weighted by Crippen LogP contribution is -2.39. The number of hydrogen-bond donors (Lipinski definition) is 0. The monoisotopic (exact) mass is 505 g/mol. The van der Waals surface area contributed by atoms with Crippen molar-refractivity contribution in [2.45, 2.75) is 42.7 Å². The molecule has 4 heterocycles. The number of piperidine rings is 2. The molecule has 10 heteroatoms. The number of fused-ring (bicyclic) bond motifs is 2. The lowest BCUT2D eigenvalue weighted by Gasteiger charge is -2.34. The molecule has 2 saturated heterocycles.